The average molecular weight is 366 g/mol. The second-order valence-electron chi connectivity index (χ2n) is 6.27. The van der Waals surface area contributed by atoms with Crippen LogP contribution < -0.4 is 5.63 Å². The van der Waals surface area contributed by atoms with Crippen molar-refractivity contribution >= 4 is 32.5 Å². The number of aliphatic hydroxyl groups excluding tert-OH is 1. The molecule has 0 aliphatic heterocycles. The lowest BCUT2D eigenvalue weighted by molar-refractivity contribution is 0.217. The minimum atomic E-state index is -0.377. The highest BCUT2D eigenvalue weighted by Gasteiger charge is 2.13. The molecule has 0 saturated carbocycles. The number of hydrogen-bond acceptors (Lipinski definition) is 6. The molecule has 26 heavy (non-hydrogen) atoms. The van der Waals surface area contributed by atoms with Crippen molar-refractivity contribution in [1.29, 1.82) is 0 Å². The minimum Gasteiger partial charge on any atom is -0.422 e. The molecule has 2 heterocycles. The zero-order valence-corrected chi connectivity index (χ0v) is 15.1. The van der Waals surface area contributed by atoms with Crippen LogP contribution >= 0.6 is 11.3 Å². The van der Waals surface area contributed by atoms with Gasteiger partial charge in [-0.2, -0.15) is 0 Å². The first-order valence-corrected chi connectivity index (χ1v) is 9.18. The van der Waals surface area contributed by atoms with Gasteiger partial charge in [0.25, 0.3) is 0 Å². The van der Waals surface area contributed by atoms with Crippen LogP contribution in [0.3, 0.4) is 0 Å². The molecule has 0 amide bonds. The lowest BCUT2D eigenvalue weighted by atomic mass is 10.1. The molecule has 0 radical (unpaired) electrons. The minimum absolute atomic E-state index is 0.116. The number of thiazole rings is 1. The maximum Gasteiger partial charge on any atom is 0.346 e. The van der Waals surface area contributed by atoms with Gasteiger partial charge in [-0.25, -0.2) is 9.78 Å². The summed E-state index contributed by atoms with van der Waals surface area (Å²) in [5.74, 6) is 0. The molecule has 1 N–H and O–H groups in total. The molecule has 2 aromatic heterocycles. The van der Waals surface area contributed by atoms with E-state index in [0.717, 1.165) is 21.2 Å². The van der Waals surface area contributed by atoms with E-state index in [1.165, 1.54) is 11.3 Å². The number of aliphatic hydroxyl groups is 1. The number of nitrogens with zero attached hydrogens (tertiary/aromatic N) is 2. The summed E-state index contributed by atoms with van der Waals surface area (Å²) in [7, 11) is 1.94. The predicted octanol–water partition coefficient (Wildman–Crippen LogP) is 3.49. The Morgan fingerprint density at radius 3 is 2.85 bits per heavy atom. The van der Waals surface area contributed by atoms with Gasteiger partial charge in [0, 0.05) is 18.5 Å². The van der Waals surface area contributed by atoms with Crippen LogP contribution in [0.1, 0.15) is 5.56 Å². The van der Waals surface area contributed by atoms with E-state index < -0.39 is 0 Å². The van der Waals surface area contributed by atoms with Crippen LogP contribution in [0.2, 0.25) is 0 Å². The van der Waals surface area contributed by atoms with E-state index >= 15 is 0 Å². The zero-order chi connectivity index (χ0) is 18.1. The van der Waals surface area contributed by atoms with E-state index in [1.54, 1.807) is 0 Å². The molecular weight excluding hydrogens is 348 g/mol. The van der Waals surface area contributed by atoms with Crippen molar-refractivity contribution in [2.45, 2.75) is 6.54 Å². The summed E-state index contributed by atoms with van der Waals surface area (Å²) < 4.78 is 6.61. The third kappa shape index (κ3) is 3.26. The van der Waals surface area contributed by atoms with Gasteiger partial charge in [0.15, 0.2) is 0 Å². The number of benzene rings is 2. The lowest BCUT2D eigenvalue weighted by Gasteiger charge is -2.15. The summed E-state index contributed by atoms with van der Waals surface area (Å²) in [6.07, 6.45) is 0. The van der Waals surface area contributed by atoms with Crippen molar-refractivity contribution in [3.63, 3.8) is 0 Å². The molecule has 132 valence electrons. The van der Waals surface area contributed by atoms with Gasteiger partial charge in [0.2, 0.25) is 0 Å². The Kier molecular flexibility index (Phi) is 4.55. The van der Waals surface area contributed by atoms with E-state index in [-0.39, 0.29) is 12.2 Å². The fourth-order valence-electron chi connectivity index (χ4n) is 2.95. The molecule has 0 atom stereocenters. The summed E-state index contributed by atoms with van der Waals surface area (Å²) in [6, 6.07) is 15.5. The molecule has 5 nitrogen and oxygen atoms in total. The van der Waals surface area contributed by atoms with Gasteiger partial charge in [0.05, 0.1) is 22.4 Å². The van der Waals surface area contributed by atoms with Crippen molar-refractivity contribution < 1.29 is 9.52 Å². The molecular formula is C20H18N2O3S. The van der Waals surface area contributed by atoms with Crippen molar-refractivity contribution in [3.8, 4) is 10.6 Å². The van der Waals surface area contributed by atoms with Crippen molar-refractivity contribution in [2.24, 2.45) is 0 Å². The monoisotopic (exact) mass is 366 g/mol. The van der Waals surface area contributed by atoms with Gasteiger partial charge in [0.1, 0.15) is 10.6 Å². The molecule has 2 aromatic carbocycles. The molecule has 0 fully saturated rings. The van der Waals surface area contributed by atoms with E-state index in [2.05, 4.69) is 4.98 Å². The Labute approximate surface area is 154 Å². The van der Waals surface area contributed by atoms with Gasteiger partial charge >= 0.3 is 5.63 Å². The van der Waals surface area contributed by atoms with Crippen LogP contribution in [-0.2, 0) is 6.54 Å². The van der Waals surface area contributed by atoms with Gasteiger partial charge < -0.3 is 9.52 Å². The van der Waals surface area contributed by atoms with Crippen LogP contribution in [0.25, 0.3) is 31.8 Å². The van der Waals surface area contributed by atoms with Crippen molar-refractivity contribution in [3.05, 3.63) is 64.5 Å². The first-order chi connectivity index (χ1) is 12.6. The van der Waals surface area contributed by atoms with E-state index in [9.17, 15) is 4.79 Å². The van der Waals surface area contributed by atoms with E-state index in [0.29, 0.717) is 29.2 Å². The van der Waals surface area contributed by atoms with Gasteiger partial charge in [-0.15, -0.1) is 11.3 Å². The zero-order valence-electron chi connectivity index (χ0n) is 14.3. The molecule has 0 unspecified atom stereocenters. The third-order valence-corrected chi connectivity index (χ3v) is 5.33. The number of fused-ring (bicyclic) bond motifs is 2. The second-order valence-corrected chi connectivity index (χ2v) is 7.30. The average Bonchev–Trinajstić information content (AvgIpc) is 3.05. The summed E-state index contributed by atoms with van der Waals surface area (Å²) in [4.78, 5) is 19.1. The van der Waals surface area contributed by atoms with Crippen LogP contribution in [-0.4, -0.2) is 35.2 Å². The first kappa shape index (κ1) is 16.9. The third-order valence-electron chi connectivity index (χ3n) is 4.26. The highest BCUT2D eigenvalue weighted by molar-refractivity contribution is 7.21. The Hall–Kier alpha value is -2.54. The summed E-state index contributed by atoms with van der Waals surface area (Å²) in [5, 5.41) is 10.6. The SMILES string of the molecule is CN(CCO)Cc1ccc2cc(-c3nc4ccccc4s3)c(=O)oc2c1. The highest BCUT2D eigenvalue weighted by Crippen LogP contribution is 2.30. The number of rotatable bonds is 5. The van der Waals surface area contributed by atoms with E-state index in [4.69, 9.17) is 9.52 Å². The number of hydrogen-bond donors (Lipinski definition) is 1. The maximum absolute atomic E-state index is 12.5. The molecule has 4 aromatic rings. The summed E-state index contributed by atoms with van der Waals surface area (Å²) in [5.41, 5.74) is 2.59. The highest BCUT2D eigenvalue weighted by atomic mass is 32.1. The first-order valence-electron chi connectivity index (χ1n) is 8.36. The Morgan fingerprint density at radius 2 is 2.04 bits per heavy atom. The lowest BCUT2D eigenvalue weighted by Crippen LogP contribution is -2.21. The number of aromatic nitrogens is 1. The van der Waals surface area contributed by atoms with Crippen molar-refractivity contribution in [1.82, 2.24) is 9.88 Å². The topological polar surface area (TPSA) is 66.6 Å². The number of para-hydroxylation sites is 1. The summed E-state index contributed by atoms with van der Waals surface area (Å²) in [6.45, 7) is 1.39. The number of likely N-dealkylation sites (N-methyl/N-ethyl adjacent to an activating group) is 1. The standard InChI is InChI=1S/C20H18N2O3S/c1-22(8-9-23)12-13-6-7-14-11-15(20(24)25-17(14)10-13)19-21-16-4-2-3-5-18(16)26-19/h2-7,10-11,23H,8-9,12H2,1H3. The van der Waals surface area contributed by atoms with Crippen LogP contribution in [0, 0.1) is 0 Å². The second kappa shape index (κ2) is 6.99. The van der Waals surface area contributed by atoms with Crippen LogP contribution in [0.5, 0.6) is 0 Å². The molecule has 6 heteroatoms. The predicted molar refractivity (Wildman–Crippen MR) is 105 cm³/mol. The smallest absolute Gasteiger partial charge is 0.346 e. The van der Waals surface area contributed by atoms with E-state index in [1.807, 2.05) is 60.5 Å². The fraction of sp³-hybridized carbons (Fsp3) is 0.200. The molecule has 0 bridgehead atoms. The Morgan fingerprint density at radius 1 is 1.19 bits per heavy atom. The van der Waals surface area contributed by atoms with Crippen molar-refractivity contribution in [2.75, 3.05) is 20.2 Å². The normalized spacial score (nSPS) is 11.7. The molecule has 0 spiro atoms. The van der Waals surface area contributed by atoms with Gasteiger partial charge in [-0.3, -0.25) is 4.90 Å². The molecule has 4 rings (SSSR count). The largest absolute Gasteiger partial charge is 0.422 e. The van der Waals surface area contributed by atoms with Crippen LogP contribution in [0.15, 0.2) is 57.7 Å². The maximum atomic E-state index is 12.5. The van der Waals surface area contributed by atoms with Gasteiger partial charge in [-0.1, -0.05) is 24.3 Å². The van der Waals surface area contributed by atoms with Gasteiger partial charge in [-0.05, 0) is 36.9 Å². The molecule has 0 saturated heterocycles. The van der Waals surface area contributed by atoms with Crippen LogP contribution in [0.4, 0.5) is 0 Å². The fourth-order valence-corrected chi connectivity index (χ4v) is 3.92. The summed E-state index contributed by atoms with van der Waals surface area (Å²) >= 11 is 1.49. The quantitative estimate of drug-likeness (QED) is 0.548. The Balaban J connectivity index is 1.73. The Bertz CT molecular complexity index is 1100. The molecule has 0 aliphatic carbocycles. The molecule has 0 aliphatic rings.